The average molecular weight is 521 g/mol. The molecule has 0 radical (unpaired) electrons. The Morgan fingerprint density at radius 3 is 2.43 bits per heavy atom. The highest BCUT2D eigenvalue weighted by atomic mass is 32.2. The number of aromatic nitrogens is 2. The van der Waals surface area contributed by atoms with Crippen molar-refractivity contribution >= 4 is 32.5 Å². The number of rotatable bonds is 5. The van der Waals surface area contributed by atoms with Crippen LogP contribution in [0.25, 0.3) is 22.2 Å². The molecule has 0 fully saturated rings. The third-order valence-electron chi connectivity index (χ3n) is 6.57. The number of anilines is 1. The Kier molecular flexibility index (Phi) is 5.96. The minimum atomic E-state index is -4.21. The zero-order chi connectivity index (χ0) is 26.6. The SMILES string of the molecule is Cc1ccc(S(=O)(=O)n2c(-c3cc(CN)cc4c3OC(C(C)C)C(=O)N4)cc3ccn(C)c(=O)c32)cc1. The summed E-state index contributed by atoms with van der Waals surface area (Å²) in [4.78, 5) is 26.0. The van der Waals surface area contributed by atoms with E-state index in [4.69, 9.17) is 10.5 Å². The first-order chi connectivity index (χ1) is 17.5. The lowest BCUT2D eigenvalue weighted by Crippen LogP contribution is -2.40. The zero-order valence-corrected chi connectivity index (χ0v) is 21.8. The standard InChI is InChI=1S/C27H28N4O5S/c1-15(2)24-26(32)29-21-12-17(14-28)11-20(25(21)36-24)22-13-18-9-10-30(4)27(33)23(18)31(22)37(34,35)19-7-5-16(3)6-8-19/h5-13,15,24H,14,28H2,1-4H3,(H,29,32). The number of nitrogens with zero attached hydrogens (tertiary/aromatic N) is 2. The number of amides is 1. The zero-order valence-electron chi connectivity index (χ0n) is 21.0. The van der Waals surface area contributed by atoms with Crippen molar-refractivity contribution in [3.05, 3.63) is 76.2 Å². The fraction of sp³-hybridized carbons (Fsp3) is 0.259. The molecule has 2 aromatic carbocycles. The van der Waals surface area contributed by atoms with Crippen molar-refractivity contribution in [1.29, 1.82) is 0 Å². The van der Waals surface area contributed by atoms with E-state index in [1.165, 1.54) is 16.7 Å². The van der Waals surface area contributed by atoms with Gasteiger partial charge >= 0.3 is 0 Å². The molecule has 3 heterocycles. The summed E-state index contributed by atoms with van der Waals surface area (Å²) in [6.07, 6.45) is 0.823. The van der Waals surface area contributed by atoms with Crippen LogP contribution >= 0.6 is 0 Å². The van der Waals surface area contributed by atoms with Crippen LogP contribution in [-0.2, 0) is 28.4 Å². The highest BCUT2D eigenvalue weighted by molar-refractivity contribution is 7.90. The van der Waals surface area contributed by atoms with Crippen LogP contribution in [0.5, 0.6) is 5.75 Å². The van der Waals surface area contributed by atoms with Gasteiger partial charge in [-0.3, -0.25) is 9.59 Å². The largest absolute Gasteiger partial charge is 0.477 e. The summed E-state index contributed by atoms with van der Waals surface area (Å²) in [5.41, 5.74) is 8.14. The van der Waals surface area contributed by atoms with E-state index in [1.807, 2.05) is 20.8 Å². The van der Waals surface area contributed by atoms with E-state index in [0.29, 0.717) is 28.0 Å². The second-order valence-corrected chi connectivity index (χ2v) is 11.4. The van der Waals surface area contributed by atoms with Gasteiger partial charge in [-0.05, 0) is 54.8 Å². The normalized spacial score (nSPS) is 15.5. The fourth-order valence-corrected chi connectivity index (χ4v) is 6.09. The van der Waals surface area contributed by atoms with E-state index in [1.54, 1.807) is 49.6 Å². The van der Waals surface area contributed by atoms with Crippen LogP contribution in [0.2, 0.25) is 0 Å². The van der Waals surface area contributed by atoms with Gasteiger partial charge in [0.2, 0.25) is 0 Å². The molecule has 0 bridgehead atoms. The second kappa shape index (κ2) is 8.89. The maximum Gasteiger partial charge on any atom is 0.275 e. The minimum absolute atomic E-state index is 0.0210. The van der Waals surface area contributed by atoms with Gasteiger partial charge in [-0.2, -0.15) is 0 Å². The number of hydrogen-bond donors (Lipinski definition) is 2. The van der Waals surface area contributed by atoms with Gasteiger partial charge < -0.3 is 20.4 Å². The molecule has 1 atom stereocenters. The Bertz CT molecular complexity index is 1720. The topological polar surface area (TPSA) is 125 Å². The molecule has 0 saturated heterocycles. The molecule has 10 heteroatoms. The maximum atomic E-state index is 14.1. The average Bonchev–Trinajstić information content (AvgIpc) is 3.26. The van der Waals surface area contributed by atoms with E-state index >= 15 is 0 Å². The van der Waals surface area contributed by atoms with Crippen molar-refractivity contribution in [2.24, 2.45) is 18.7 Å². The predicted molar refractivity (Wildman–Crippen MR) is 142 cm³/mol. The Hall–Kier alpha value is -3.89. The Morgan fingerprint density at radius 2 is 1.78 bits per heavy atom. The first-order valence-corrected chi connectivity index (χ1v) is 13.3. The number of pyridine rings is 1. The summed E-state index contributed by atoms with van der Waals surface area (Å²) in [6.45, 7) is 5.75. The number of aryl methyl sites for hydroxylation is 2. The van der Waals surface area contributed by atoms with E-state index in [9.17, 15) is 18.0 Å². The molecular weight excluding hydrogens is 492 g/mol. The van der Waals surface area contributed by atoms with Crippen molar-refractivity contribution in [1.82, 2.24) is 8.54 Å². The number of nitrogens with two attached hydrogens (primary N) is 1. The first-order valence-electron chi connectivity index (χ1n) is 11.9. The van der Waals surface area contributed by atoms with E-state index in [2.05, 4.69) is 5.32 Å². The van der Waals surface area contributed by atoms with Crippen molar-refractivity contribution in [2.45, 2.75) is 38.3 Å². The van der Waals surface area contributed by atoms with Gasteiger partial charge in [0.25, 0.3) is 21.5 Å². The third kappa shape index (κ3) is 4.02. The van der Waals surface area contributed by atoms with E-state index in [0.717, 1.165) is 9.54 Å². The molecule has 9 nitrogen and oxygen atoms in total. The molecule has 5 rings (SSSR count). The fourth-order valence-electron chi connectivity index (χ4n) is 4.57. The molecule has 1 aliphatic rings. The lowest BCUT2D eigenvalue weighted by Gasteiger charge is -2.30. The van der Waals surface area contributed by atoms with Crippen LogP contribution < -0.4 is 21.3 Å². The maximum absolute atomic E-state index is 14.1. The predicted octanol–water partition coefficient (Wildman–Crippen LogP) is 3.37. The van der Waals surface area contributed by atoms with Gasteiger partial charge in [0.1, 0.15) is 5.52 Å². The molecule has 3 N–H and O–H groups in total. The molecule has 192 valence electrons. The summed E-state index contributed by atoms with van der Waals surface area (Å²) in [5.74, 6) is -0.0931. The molecule has 1 unspecified atom stereocenters. The van der Waals surface area contributed by atoms with Crippen LogP contribution in [0.3, 0.4) is 0 Å². The van der Waals surface area contributed by atoms with Gasteiger partial charge in [-0.15, -0.1) is 0 Å². The third-order valence-corrected chi connectivity index (χ3v) is 8.30. The summed E-state index contributed by atoms with van der Waals surface area (Å²) < 4.78 is 36.8. The molecule has 0 spiro atoms. The molecule has 4 aromatic rings. The quantitative estimate of drug-likeness (QED) is 0.416. The molecule has 1 amide bonds. The second-order valence-electron chi connectivity index (χ2n) is 9.64. The Morgan fingerprint density at radius 1 is 1.08 bits per heavy atom. The van der Waals surface area contributed by atoms with Gasteiger partial charge in [0, 0.05) is 30.7 Å². The first kappa shape index (κ1) is 24.8. The van der Waals surface area contributed by atoms with Crippen molar-refractivity contribution < 1.29 is 17.9 Å². The number of carbonyl (C=O) groups excluding carboxylic acids is 1. The molecule has 0 saturated carbocycles. The summed E-state index contributed by atoms with van der Waals surface area (Å²) in [7, 11) is -2.65. The van der Waals surface area contributed by atoms with Gasteiger partial charge in [-0.1, -0.05) is 31.5 Å². The number of benzene rings is 2. The smallest absolute Gasteiger partial charge is 0.275 e. The van der Waals surface area contributed by atoms with Crippen molar-refractivity contribution in [2.75, 3.05) is 5.32 Å². The van der Waals surface area contributed by atoms with E-state index in [-0.39, 0.29) is 34.5 Å². The number of nitrogens with one attached hydrogen (secondary N) is 1. The van der Waals surface area contributed by atoms with Gasteiger partial charge in [0.15, 0.2) is 11.9 Å². The highest BCUT2D eigenvalue weighted by Crippen LogP contribution is 2.44. The monoisotopic (exact) mass is 520 g/mol. The number of carbonyl (C=O) groups is 1. The Balaban J connectivity index is 1.88. The minimum Gasteiger partial charge on any atom is -0.477 e. The van der Waals surface area contributed by atoms with Gasteiger partial charge in [0.05, 0.1) is 16.3 Å². The lowest BCUT2D eigenvalue weighted by atomic mass is 10.00. The van der Waals surface area contributed by atoms with Crippen LogP contribution in [0.1, 0.15) is 25.0 Å². The number of fused-ring (bicyclic) bond motifs is 2. The number of hydrogen-bond acceptors (Lipinski definition) is 6. The lowest BCUT2D eigenvalue weighted by molar-refractivity contribution is -0.125. The molecule has 1 aliphatic heterocycles. The molecule has 37 heavy (non-hydrogen) atoms. The molecule has 2 aromatic heterocycles. The van der Waals surface area contributed by atoms with Crippen LogP contribution in [-0.4, -0.2) is 29.0 Å². The molecular formula is C27H28N4O5S. The van der Waals surface area contributed by atoms with Crippen LogP contribution in [0.4, 0.5) is 5.69 Å². The highest BCUT2D eigenvalue weighted by Gasteiger charge is 2.34. The molecule has 0 aliphatic carbocycles. The summed E-state index contributed by atoms with van der Waals surface area (Å²) in [6, 6.07) is 13.3. The van der Waals surface area contributed by atoms with Crippen LogP contribution in [0.15, 0.2) is 64.4 Å². The van der Waals surface area contributed by atoms with Gasteiger partial charge in [-0.25, -0.2) is 12.4 Å². The summed E-state index contributed by atoms with van der Waals surface area (Å²) in [5, 5.41) is 3.34. The van der Waals surface area contributed by atoms with Crippen LogP contribution in [0, 0.1) is 12.8 Å². The van der Waals surface area contributed by atoms with Crippen molar-refractivity contribution in [3.8, 4) is 17.0 Å². The van der Waals surface area contributed by atoms with Crippen molar-refractivity contribution in [3.63, 3.8) is 0 Å². The number of ether oxygens (including phenoxy) is 1. The Labute approximate surface area is 214 Å². The van der Waals surface area contributed by atoms with E-state index < -0.39 is 21.7 Å². The summed E-state index contributed by atoms with van der Waals surface area (Å²) >= 11 is 0.